The molecule has 1 saturated heterocycles. The Morgan fingerprint density at radius 2 is 2.07 bits per heavy atom. The molecule has 0 amide bonds. The third kappa shape index (κ3) is 3.40. The summed E-state index contributed by atoms with van der Waals surface area (Å²) >= 11 is 5.71. The quantitative estimate of drug-likeness (QED) is 0.363. The van der Waals surface area contributed by atoms with Crippen molar-refractivity contribution in [3.8, 4) is 0 Å². The van der Waals surface area contributed by atoms with Crippen LogP contribution >= 0.6 is 12.2 Å². The summed E-state index contributed by atoms with van der Waals surface area (Å²) < 4.78 is 10.6. The molecule has 1 aliphatic heterocycles. The van der Waals surface area contributed by atoms with Crippen LogP contribution in [-0.4, -0.2) is 49.8 Å². The average molecular weight is 414 g/mol. The molecule has 0 aliphatic carbocycles. The molecule has 4 rings (SSSR count). The maximum Gasteiger partial charge on any atom is 0.308 e. The SMILES string of the molecule is C=CCn1c(=O)c2ccccc2n2c(=S)n(CN3CCC(C(=O)OC)CC3)nc12. The topological polar surface area (TPSA) is 73.8 Å². The largest absolute Gasteiger partial charge is 0.469 e. The van der Waals surface area contributed by atoms with Gasteiger partial charge in [0.15, 0.2) is 0 Å². The molecule has 29 heavy (non-hydrogen) atoms. The minimum atomic E-state index is -0.145. The number of piperidine rings is 1. The number of fused-ring (bicyclic) bond motifs is 3. The van der Waals surface area contributed by atoms with Crippen molar-refractivity contribution in [2.75, 3.05) is 20.2 Å². The third-order valence-electron chi connectivity index (χ3n) is 5.45. The Morgan fingerprint density at radius 3 is 2.76 bits per heavy atom. The van der Waals surface area contributed by atoms with Gasteiger partial charge in [0, 0.05) is 19.6 Å². The number of carbonyl (C=O) groups excluding carboxylic acids is 1. The number of allylic oxidation sites excluding steroid dienone is 1. The van der Waals surface area contributed by atoms with Crippen LogP contribution < -0.4 is 5.56 Å². The number of hydrogen-bond acceptors (Lipinski definition) is 6. The molecule has 0 N–H and O–H groups in total. The molecule has 0 spiro atoms. The number of rotatable bonds is 5. The minimum absolute atomic E-state index is 0.0491. The highest BCUT2D eigenvalue weighted by Gasteiger charge is 2.26. The van der Waals surface area contributed by atoms with E-state index in [9.17, 15) is 9.59 Å². The van der Waals surface area contributed by atoms with Crippen LogP contribution in [0.3, 0.4) is 0 Å². The van der Waals surface area contributed by atoms with Crippen LogP contribution in [0.4, 0.5) is 0 Å². The predicted molar refractivity (Wildman–Crippen MR) is 112 cm³/mol. The van der Waals surface area contributed by atoms with E-state index in [1.165, 1.54) is 7.11 Å². The summed E-state index contributed by atoms with van der Waals surface area (Å²) in [6, 6.07) is 7.40. The number of carbonyl (C=O) groups is 1. The molecule has 0 saturated carbocycles. The van der Waals surface area contributed by atoms with Crippen molar-refractivity contribution in [1.29, 1.82) is 0 Å². The van der Waals surface area contributed by atoms with Gasteiger partial charge in [0.2, 0.25) is 10.5 Å². The Balaban J connectivity index is 1.73. The maximum atomic E-state index is 12.9. The van der Waals surface area contributed by atoms with Crippen LogP contribution in [0.15, 0.2) is 41.7 Å². The first-order valence-corrected chi connectivity index (χ1v) is 9.98. The molecule has 152 valence electrons. The summed E-state index contributed by atoms with van der Waals surface area (Å²) in [7, 11) is 1.43. The number of methoxy groups -OCH3 is 1. The third-order valence-corrected chi connectivity index (χ3v) is 5.85. The highest BCUT2D eigenvalue weighted by atomic mass is 32.1. The van der Waals surface area contributed by atoms with Crippen molar-refractivity contribution in [3.05, 3.63) is 52.0 Å². The molecule has 1 aromatic carbocycles. The number of likely N-dealkylation sites (tertiary alicyclic amines) is 1. The minimum Gasteiger partial charge on any atom is -0.469 e. The molecule has 9 heteroatoms. The Hall–Kier alpha value is -2.78. The number of esters is 1. The molecule has 3 heterocycles. The molecular formula is C20H23N5O3S. The number of para-hydroxylation sites is 1. The molecule has 1 fully saturated rings. The van der Waals surface area contributed by atoms with E-state index in [0.29, 0.717) is 29.1 Å². The fraction of sp³-hybridized carbons (Fsp3) is 0.400. The summed E-state index contributed by atoms with van der Waals surface area (Å²) in [6.45, 7) is 6.13. The van der Waals surface area contributed by atoms with Crippen LogP contribution in [0.5, 0.6) is 0 Å². The summed E-state index contributed by atoms with van der Waals surface area (Å²) in [5.74, 6) is 0.309. The maximum absolute atomic E-state index is 12.9. The van der Waals surface area contributed by atoms with E-state index in [-0.39, 0.29) is 17.4 Å². The van der Waals surface area contributed by atoms with Crippen molar-refractivity contribution in [1.82, 2.24) is 23.6 Å². The first-order chi connectivity index (χ1) is 14.0. The summed E-state index contributed by atoms with van der Waals surface area (Å²) in [4.78, 5) is 26.9. The van der Waals surface area contributed by atoms with Gasteiger partial charge in [-0.1, -0.05) is 18.2 Å². The second-order valence-electron chi connectivity index (χ2n) is 7.20. The fourth-order valence-electron chi connectivity index (χ4n) is 3.92. The number of aromatic nitrogens is 4. The van der Waals surface area contributed by atoms with E-state index in [4.69, 9.17) is 17.0 Å². The standard InChI is InChI=1S/C20H23N5O3S/c1-3-10-23-17(26)15-6-4-5-7-16(15)25-19(23)21-24(20(25)29)13-22-11-8-14(9-12-22)18(27)28-2/h3-7,14H,1,8-13H2,2H3. The molecule has 0 bridgehead atoms. The van der Waals surface area contributed by atoms with E-state index in [1.54, 1.807) is 21.4 Å². The van der Waals surface area contributed by atoms with Gasteiger partial charge >= 0.3 is 5.97 Å². The lowest BCUT2D eigenvalue weighted by atomic mass is 9.97. The summed E-state index contributed by atoms with van der Waals surface area (Å²) in [6.07, 6.45) is 3.17. The van der Waals surface area contributed by atoms with Gasteiger partial charge in [-0.2, -0.15) is 0 Å². The highest BCUT2D eigenvalue weighted by molar-refractivity contribution is 7.71. The summed E-state index contributed by atoms with van der Waals surface area (Å²) in [5.41, 5.74) is 0.632. The van der Waals surface area contributed by atoms with E-state index in [0.717, 1.165) is 31.4 Å². The van der Waals surface area contributed by atoms with Crippen molar-refractivity contribution >= 4 is 34.9 Å². The smallest absolute Gasteiger partial charge is 0.308 e. The zero-order valence-electron chi connectivity index (χ0n) is 16.3. The second kappa shape index (κ2) is 7.92. The van der Waals surface area contributed by atoms with E-state index < -0.39 is 0 Å². The van der Waals surface area contributed by atoms with E-state index >= 15 is 0 Å². The predicted octanol–water partition coefficient (Wildman–Crippen LogP) is 2.21. The lowest BCUT2D eigenvalue weighted by Crippen LogP contribution is -2.38. The van der Waals surface area contributed by atoms with Gasteiger partial charge in [-0.3, -0.25) is 23.5 Å². The van der Waals surface area contributed by atoms with Gasteiger partial charge in [0.25, 0.3) is 5.56 Å². The van der Waals surface area contributed by atoms with Gasteiger partial charge in [0.1, 0.15) is 0 Å². The Kier molecular flexibility index (Phi) is 5.33. The van der Waals surface area contributed by atoms with Crippen molar-refractivity contribution in [2.24, 2.45) is 5.92 Å². The van der Waals surface area contributed by atoms with Gasteiger partial charge in [0.05, 0.1) is 30.6 Å². The molecule has 0 atom stereocenters. The van der Waals surface area contributed by atoms with Crippen molar-refractivity contribution < 1.29 is 9.53 Å². The number of benzene rings is 1. The van der Waals surface area contributed by atoms with Crippen LogP contribution in [0.2, 0.25) is 0 Å². The second-order valence-corrected chi connectivity index (χ2v) is 7.56. The molecule has 1 aliphatic rings. The van der Waals surface area contributed by atoms with Crippen LogP contribution in [0, 0.1) is 10.7 Å². The Bertz CT molecular complexity index is 1200. The van der Waals surface area contributed by atoms with Crippen LogP contribution in [0.25, 0.3) is 16.7 Å². The van der Waals surface area contributed by atoms with Crippen LogP contribution in [0.1, 0.15) is 12.8 Å². The van der Waals surface area contributed by atoms with Gasteiger partial charge in [-0.25, -0.2) is 4.68 Å². The van der Waals surface area contributed by atoms with Crippen molar-refractivity contribution in [3.63, 3.8) is 0 Å². The zero-order valence-corrected chi connectivity index (χ0v) is 17.1. The van der Waals surface area contributed by atoms with Gasteiger partial charge in [-0.15, -0.1) is 11.7 Å². The van der Waals surface area contributed by atoms with Crippen LogP contribution in [-0.2, 0) is 22.7 Å². The lowest BCUT2D eigenvalue weighted by molar-refractivity contribution is -0.147. The highest BCUT2D eigenvalue weighted by Crippen LogP contribution is 2.20. The zero-order chi connectivity index (χ0) is 20.5. The average Bonchev–Trinajstić information content (AvgIpc) is 3.07. The Labute approximate surface area is 172 Å². The van der Waals surface area contributed by atoms with E-state index in [2.05, 4.69) is 16.6 Å². The first-order valence-electron chi connectivity index (χ1n) is 9.57. The lowest BCUT2D eigenvalue weighted by Gasteiger charge is -2.30. The Morgan fingerprint density at radius 1 is 1.34 bits per heavy atom. The monoisotopic (exact) mass is 413 g/mol. The number of hydrogen-bond donors (Lipinski definition) is 0. The molecule has 2 aromatic heterocycles. The number of nitrogens with zero attached hydrogens (tertiary/aromatic N) is 5. The molecule has 8 nitrogen and oxygen atoms in total. The van der Waals surface area contributed by atoms with Crippen molar-refractivity contribution in [2.45, 2.75) is 26.1 Å². The van der Waals surface area contributed by atoms with E-state index in [1.807, 2.05) is 22.6 Å². The molecule has 0 unspecified atom stereocenters. The fourth-order valence-corrected chi connectivity index (χ4v) is 4.20. The molecule has 0 radical (unpaired) electrons. The van der Waals surface area contributed by atoms with Gasteiger partial charge in [-0.05, 0) is 37.2 Å². The summed E-state index contributed by atoms with van der Waals surface area (Å²) in [5, 5.41) is 5.26. The first kappa shape index (κ1) is 19.5. The number of ether oxygens (including phenoxy) is 1. The van der Waals surface area contributed by atoms with Gasteiger partial charge < -0.3 is 4.74 Å². The molecular weight excluding hydrogens is 390 g/mol. The normalized spacial score (nSPS) is 15.8. The molecule has 3 aromatic rings.